The predicted molar refractivity (Wildman–Crippen MR) is 96.1 cm³/mol. The highest BCUT2D eigenvalue weighted by Gasteiger charge is 2.44. The van der Waals surface area contributed by atoms with Crippen molar-refractivity contribution in [3.05, 3.63) is 71.5 Å². The molecule has 0 atom stereocenters. The number of likely N-dealkylation sites (tertiary alicyclic amines) is 1. The van der Waals surface area contributed by atoms with E-state index in [0.29, 0.717) is 31.5 Å². The number of hydrogen-bond acceptors (Lipinski definition) is 3. The molecule has 1 aliphatic rings. The first-order chi connectivity index (χ1) is 12.5. The van der Waals surface area contributed by atoms with E-state index in [1.165, 1.54) is 19.2 Å². The fourth-order valence-electron chi connectivity index (χ4n) is 3.63. The average molecular weight is 355 g/mol. The molecule has 1 aliphatic heterocycles. The van der Waals surface area contributed by atoms with Gasteiger partial charge in [0.05, 0.1) is 18.9 Å². The number of carbonyl (C=O) groups is 2. The minimum Gasteiger partial charge on any atom is -0.468 e. The van der Waals surface area contributed by atoms with Crippen molar-refractivity contribution in [3.63, 3.8) is 0 Å². The van der Waals surface area contributed by atoms with E-state index in [1.54, 1.807) is 17.0 Å². The molecular formula is C21H22FNO3. The first-order valence-electron chi connectivity index (χ1n) is 8.71. The Hall–Kier alpha value is -2.69. The average Bonchev–Trinajstić information content (AvgIpc) is 2.68. The van der Waals surface area contributed by atoms with Gasteiger partial charge in [-0.15, -0.1) is 0 Å². The van der Waals surface area contributed by atoms with Crippen LogP contribution in [0.2, 0.25) is 0 Å². The molecule has 0 bridgehead atoms. The third-order valence-corrected chi connectivity index (χ3v) is 5.12. The van der Waals surface area contributed by atoms with Crippen LogP contribution in [0.3, 0.4) is 0 Å². The number of methoxy groups -OCH3 is 1. The zero-order valence-electron chi connectivity index (χ0n) is 14.8. The topological polar surface area (TPSA) is 46.6 Å². The fraction of sp³-hybridized carbons (Fsp3) is 0.333. The van der Waals surface area contributed by atoms with Gasteiger partial charge in [-0.3, -0.25) is 9.59 Å². The molecule has 0 radical (unpaired) electrons. The normalized spacial score (nSPS) is 16.2. The van der Waals surface area contributed by atoms with Gasteiger partial charge >= 0.3 is 5.97 Å². The minimum atomic E-state index is -0.717. The maximum atomic E-state index is 13.3. The van der Waals surface area contributed by atoms with Crippen LogP contribution in [-0.2, 0) is 26.2 Å². The number of ether oxygens (including phenoxy) is 1. The van der Waals surface area contributed by atoms with Gasteiger partial charge in [-0.2, -0.15) is 0 Å². The molecule has 2 aromatic rings. The largest absolute Gasteiger partial charge is 0.468 e. The van der Waals surface area contributed by atoms with Crippen LogP contribution in [0.1, 0.15) is 24.0 Å². The van der Waals surface area contributed by atoms with E-state index in [9.17, 15) is 14.0 Å². The van der Waals surface area contributed by atoms with Crippen LogP contribution >= 0.6 is 0 Å². The molecule has 0 aromatic heterocycles. The van der Waals surface area contributed by atoms with Crippen LogP contribution in [0.5, 0.6) is 0 Å². The van der Waals surface area contributed by atoms with Crippen molar-refractivity contribution >= 4 is 11.9 Å². The van der Waals surface area contributed by atoms with Gasteiger partial charge in [-0.05, 0) is 36.1 Å². The van der Waals surface area contributed by atoms with E-state index in [0.717, 1.165) is 5.56 Å². The first kappa shape index (κ1) is 18.1. The SMILES string of the molecule is COC(=O)C1(c2ccccc2)CCN(C(=O)Cc2cccc(F)c2)CC1. The molecule has 136 valence electrons. The molecule has 1 fully saturated rings. The zero-order chi connectivity index (χ0) is 18.6. The van der Waals surface area contributed by atoms with E-state index in [1.807, 2.05) is 30.3 Å². The third kappa shape index (κ3) is 3.62. The molecule has 26 heavy (non-hydrogen) atoms. The number of piperidine rings is 1. The summed E-state index contributed by atoms with van der Waals surface area (Å²) >= 11 is 0. The predicted octanol–water partition coefficient (Wildman–Crippen LogP) is 3.10. The van der Waals surface area contributed by atoms with Gasteiger partial charge < -0.3 is 9.64 Å². The second-order valence-electron chi connectivity index (χ2n) is 6.63. The van der Waals surface area contributed by atoms with Crippen LogP contribution in [-0.4, -0.2) is 37.0 Å². The zero-order valence-corrected chi connectivity index (χ0v) is 14.8. The monoisotopic (exact) mass is 355 g/mol. The van der Waals surface area contributed by atoms with Gasteiger partial charge in [0.2, 0.25) is 5.91 Å². The van der Waals surface area contributed by atoms with Gasteiger partial charge in [-0.25, -0.2) is 4.39 Å². The molecule has 0 saturated carbocycles. The Morgan fingerprint density at radius 3 is 2.38 bits per heavy atom. The molecule has 0 aliphatic carbocycles. The molecule has 3 rings (SSSR count). The lowest BCUT2D eigenvalue weighted by atomic mass is 9.72. The van der Waals surface area contributed by atoms with Crippen molar-refractivity contribution < 1.29 is 18.7 Å². The summed E-state index contributed by atoms with van der Waals surface area (Å²) in [7, 11) is 1.40. The van der Waals surface area contributed by atoms with Crippen molar-refractivity contribution in [2.24, 2.45) is 0 Å². The summed E-state index contributed by atoms with van der Waals surface area (Å²) in [6.07, 6.45) is 1.19. The van der Waals surface area contributed by atoms with Gasteiger partial charge in [0.15, 0.2) is 0 Å². The Morgan fingerprint density at radius 2 is 1.77 bits per heavy atom. The van der Waals surface area contributed by atoms with Crippen molar-refractivity contribution in [3.8, 4) is 0 Å². The summed E-state index contributed by atoms with van der Waals surface area (Å²) in [5, 5.41) is 0. The van der Waals surface area contributed by atoms with Gasteiger partial charge in [-0.1, -0.05) is 42.5 Å². The molecule has 1 heterocycles. The van der Waals surface area contributed by atoms with Crippen LogP contribution in [0.15, 0.2) is 54.6 Å². The summed E-state index contributed by atoms with van der Waals surface area (Å²) in [5.74, 6) is -0.661. The van der Waals surface area contributed by atoms with Crippen LogP contribution in [0, 0.1) is 5.82 Å². The Balaban J connectivity index is 1.72. The van der Waals surface area contributed by atoms with E-state index < -0.39 is 5.41 Å². The molecule has 1 saturated heterocycles. The molecule has 0 spiro atoms. The number of nitrogens with zero attached hydrogens (tertiary/aromatic N) is 1. The summed E-state index contributed by atoms with van der Waals surface area (Å²) in [6.45, 7) is 0.941. The van der Waals surface area contributed by atoms with Gasteiger partial charge in [0.25, 0.3) is 0 Å². The fourth-order valence-corrected chi connectivity index (χ4v) is 3.63. The van der Waals surface area contributed by atoms with E-state index in [4.69, 9.17) is 4.74 Å². The third-order valence-electron chi connectivity index (χ3n) is 5.12. The lowest BCUT2D eigenvalue weighted by molar-refractivity contribution is -0.151. The van der Waals surface area contributed by atoms with E-state index in [2.05, 4.69) is 0 Å². The van der Waals surface area contributed by atoms with E-state index in [-0.39, 0.29) is 24.1 Å². The maximum Gasteiger partial charge on any atom is 0.316 e. The summed E-state index contributed by atoms with van der Waals surface area (Å²) in [4.78, 5) is 26.8. The number of carbonyl (C=O) groups excluding carboxylic acids is 2. The highest BCUT2D eigenvalue weighted by Crippen LogP contribution is 2.37. The Morgan fingerprint density at radius 1 is 1.08 bits per heavy atom. The molecule has 1 amide bonds. The second kappa shape index (κ2) is 7.68. The smallest absolute Gasteiger partial charge is 0.316 e. The molecule has 0 unspecified atom stereocenters. The van der Waals surface area contributed by atoms with Crippen LogP contribution in [0.25, 0.3) is 0 Å². The highest BCUT2D eigenvalue weighted by molar-refractivity contribution is 5.84. The number of esters is 1. The number of halogens is 1. The summed E-state index contributed by atoms with van der Waals surface area (Å²) in [5.41, 5.74) is 0.859. The number of amides is 1. The minimum absolute atomic E-state index is 0.0536. The Labute approximate surface area is 152 Å². The molecule has 2 aromatic carbocycles. The lowest BCUT2D eigenvalue weighted by Gasteiger charge is -2.40. The van der Waals surface area contributed by atoms with Gasteiger partial charge in [0, 0.05) is 13.1 Å². The highest BCUT2D eigenvalue weighted by atomic mass is 19.1. The van der Waals surface area contributed by atoms with Crippen molar-refractivity contribution in [2.45, 2.75) is 24.7 Å². The number of hydrogen-bond donors (Lipinski definition) is 0. The number of rotatable bonds is 4. The van der Waals surface area contributed by atoms with Crippen molar-refractivity contribution in [1.82, 2.24) is 4.90 Å². The molecule has 5 heteroatoms. The maximum absolute atomic E-state index is 13.3. The van der Waals surface area contributed by atoms with Crippen LogP contribution in [0.4, 0.5) is 4.39 Å². The summed E-state index contributed by atoms with van der Waals surface area (Å²) < 4.78 is 18.4. The van der Waals surface area contributed by atoms with Crippen molar-refractivity contribution in [1.29, 1.82) is 0 Å². The molecule has 0 N–H and O–H groups in total. The standard InChI is InChI=1S/C21H22FNO3/c1-26-20(25)21(17-7-3-2-4-8-17)10-12-23(13-11-21)19(24)15-16-6-5-9-18(22)14-16/h2-9,14H,10-13,15H2,1H3. The second-order valence-corrected chi connectivity index (χ2v) is 6.63. The molecular weight excluding hydrogens is 333 g/mol. The lowest BCUT2D eigenvalue weighted by Crippen LogP contribution is -2.49. The molecule has 4 nitrogen and oxygen atoms in total. The Kier molecular flexibility index (Phi) is 5.35. The van der Waals surface area contributed by atoms with Gasteiger partial charge in [0.1, 0.15) is 5.82 Å². The first-order valence-corrected chi connectivity index (χ1v) is 8.71. The Bertz CT molecular complexity index is 783. The summed E-state index contributed by atoms with van der Waals surface area (Å²) in [6, 6.07) is 15.7. The van der Waals surface area contributed by atoms with E-state index >= 15 is 0 Å². The quantitative estimate of drug-likeness (QED) is 0.792. The number of benzene rings is 2. The van der Waals surface area contributed by atoms with Crippen molar-refractivity contribution in [2.75, 3.05) is 20.2 Å². The van der Waals surface area contributed by atoms with Crippen LogP contribution < -0.4 is 0 Å².